The van der Waals surface area contributed by atoms with Crippen molar-refractivity contribution in [3.8, 4) is 11.3 Å². The summed E-state index contributed by atoms with van der Waals surface area (Å²) in [6.07, 6.45) is -3.50. The zero-order valence-corrected chi connectivity index (χ0v) is 14.8. The van der Waals surface area contributed by atoms with E-state index in [1.54, 1.807) is 32.2 Å². The van der Waals surface area contributed by atoms with Crippen LogP contribution in [0.4, 0.5) is 13.2 Å². The summed E-state index contributed by atoms with van der Waals surface area (Å²) >= 11 is 0. The molecule has 0 unspecified atom stereocenters. The summed E-state index contributed by atoms with van der Waals surface area (Å²) in [6.45, 7) is 9.64. The Morgan fingerprint density at radius 2 is 1.33 bits per heavy atom. The Hall–Kier alpha value is -1.84. The van der Waals surface area contributed by atoms with Gasteiger partial charge in [-0.15, -0.1) is 0 Å². The van der Waals surface area contributed by atoms with Crippen LogP contribution in [-0.4, -0.2) is 11.2 Å². The second-order valence-corrected chi connectivity index (χ2v) is 7.94. The van der Waals surface area contributed by atoms with Gasteiger partial charge in [0.15, 0.2) is 0 Å². The molecule has 0 fully saturated rings. The van der Waals surface area contributed by atoms with E-state index in [1.807, 2.05) is 12.1 Å². The van der Waals surface area contributed by atoms with Crippen LogP contribution >= 0.6 is 0 Å². The van der Waals surface area contributed by atoms with Crippen LogP contribution in [0.2, 0.25) is 0 Å². The standard InChI is InChI=1S/C20H24F3N/c1-18(2,3)15-8-6-14(7-9-15)17-11-10-16(12-24-17)19(4,5)13-20(21,22)23/h6-12H,13H2,1-5H3. The highest BCUT2D eigenvalue weighted by molar-refractivity contribution is 5.60. The van der Waals surface area contributed by atoms with Crippen molar-refractivity contribution in [2.75, 3.05) is 0 Å². The molecule has 0 amide bonds. The molecule has 1 aromatic carbocycles. The van der Waals surface area contributed by atoms with Crippen LogP contribution in [0.1, 0.15) is 52.2 Å². The lowest BCUT2D eigenvalue weighted by Gasteiger charge is -2.26. The largest absolute Gasteiger partial charge is 0.389 e. The third-order valence-electron chi connectivity index (χ3n) is 4.23. The Balaban J connectivity index is 2.23. The number of pyridine rings is 1. The van der Waals surface area contributed by atoms with Crippen molar-refractivity contribution in [1.29, 1.82) is 0 Å². The monoisotopic (exact) mass is 335 g/mol. The predicted octanol–water partition coefficient (Wildman–Crippen LogP) is 6.28. The highest BCUT2D eigenvalue weighted by Crippen LogP contribution is 2.36. The van der Waals surface area contributed by atoms with E-state index >= 15 is 0 Å². The molecule has 2 aromatic rings. The number of hydrogen-bond donors (Lipinski definition) is 0. The van der Waals surface area contributed by atoms with Crippen LogP contribution in [0.5, 0.6) is 0 Å². The van der Waals surface area contributed by atoms with Gasteiger partial charge in [-0.3, -0.25) is 4.98 Å². The Morgan fingerprint density at radius 3 is 1.75 bits per heavy atom. The topological polar surface area (TPSA) is 12.9 Å². The number of hydrogen-bond acceptors (Lipinski definition) is 1. The van der Waals surface area contributed by atoms with Crippen LogP contribution in [0.15, 0.2) is 42.6 Å². The number of rotatable bonds is 3. The lowest BCUT2D eigenvalue weighted by molar-refractivity contribution is -0.145. The third kappa shape index (κ3) is 4.59. The number of alkyl halides is 3. The first kappa shape index (κ1) is 18.5. The van der Waals surface area contributed by atoms with E-state index in [0.717, 1.165) is 11.3 Å². The molecular weight excluding hydrogens is 311 g/mol. The molecule has 0 bridgehead atoms. The molecule has 1 heterocycles. The molecule has 130 valence electrons. The molecular formula is C20H24F3N. The molecule has 0 atom stereocenters. The first-order valence-electron chi connectivity index (χ1n) is 8.03. The number of aromatic nitrogens is 1. The van der Waals surface area contributed by atoms with Crippen LogP contribution in [0.25, 0.3) is 11.3 Å². The van der Waals surface area contributed by atoms with E-state index in [9.17, 15) is 13.2 Å². The Labute approximate surface area is 141 Å². The number of nitrogens with zero attached hydrogens (tertiary/aromatic N) is 1. The van der Waals surface area contributed by atoms with Crippen molar-refractivity contribution in [2.24, 2.45) is 0 Å². The van der Waals surface area contributed by atoms with Gasteiger partial charge in [-0.1, -0.05) is 65.0 Å². The van der Waals surface area contributed by atoms with Crippen molar-refractivity contribution in [3.05, 3.63) is 53.7 Å². The maximum absolute atomic E-state index is 12.7. The first-order chi connectivity index (χ1) is 10.9. The van der Waals surface area contributed by atoms with E-state index in [4.69, 9.17) is 0 Å². The summed E-state index contributed by atoms with van der Waals surface area (Å²) in [5, 5.41) is 0. The molecule has 0 aliphatic carbocycles. The normalized spacial score (nSPS) is 13.2. The third-order valence-corrected chi connectivity index (χ3v) is 4.23. The Bertz CT molecular complexity index is 675. The minimum Gasteiger partial charge on any atom is -0.256 e. The molecule has 0 aliphatic heterocycles. The maximum atomic E-state index is 12.7. The van der Waals surface area contributed by atoms with Crippen LogP contribution in [-0.2, 0) is 10.8 Å². The van der Waals surface area contributed by atoms with Gasteiger partial charge in [0.25, 0.3) is 0 Å². The molecule has 0 spiro atoms. The van der Waals surface area contributed by atoms with Gasteiger partial charge in [-0.2, -0.15) is 13.2 Å². The Kier molecular flexibility index (Phi) is 4.80. The highest BCUT2D eigenvalue weighted by atomic mass is 19.4. The van der Waals surface area contributed by atoms with E-state index in [-0.39, 0.29) is 5.41 Å². The minimum atomic E-state index is -4.19. The molecule has 0 aliphatic rings. The second kappa shape index (κ2) is 6.23. The fourth-order valence-electron chi connectivity index (χ4n) is 2.71. The zero-order chi connectivity index (χ0) is 18.2. The molecule has 0 saturated heterocycles. The summed E-state index contributed by atoms with van der Waals surface area (Å²) in [6, 6.07) is 11.7. The molecule has 24 heavy (non-hydrogen) atoms. The number of benzene rings is 1. The number of halogens is 3. The fourth-order valence-corrected chi connectivity index (χ4v) is 2.71. The van der Waals surface area contributed by atoms with E-state index in [1.165, 1.54) is 5.56 Å². The quantitative estimate of drug-likeness (QED) is 0.643. The van der Waals surface area contributed by atoms with Crippen molar-refractivity contribution in [2.45, 2.75) is 58.0 Å². The second-order valence-electron chi connectivity index (χ2n) is 7.94. The predicted molar refractivity (Wildman–Crippen MR) is 92.1 cm³/mol. The smallest absolute Gasteiger partial charge is 0.256 e. The molecule has 1 nitrogen and oxygen atoms in total. The SMILES string of the molecule is CC(C)(C)c1ccc(-c2ccc(C(C)(C)CC(F)(F)F)cn2)cc1. The van der Waals surface area contributed by atoms with Gasteiger partial charge in [0.2, 0.25) is 0 Å². The molecule has 1 aromatic heterocycles. The molecule has 0 radical (unpaired) electrons. The fraction of sp³-hybridized carbons (Fsp3) is 0.450. The van der Waals surface area contributed by atoms with Crippen molar-refractivity contribution >= 4 is 0 Å². The van der Waals surface area contributed by atoms with E-state index in [2.05, 4.69) is 37.9 Å². The average molecular weight is 335 g/mol. The van der Waals surface area contributed by atoms with Gasteiger partial charge in [0, 0.05) is 11.8 Å². The van der Waals surface area contributed by atoms with Crippen LogP contribution < -0.4 is 0 Å². The molecule has 4 heteroatoms. The van der Waals surface area contributed by atoms with Crippen molar-refractivity contribution in [1.82, 2.24) is 4.98 Å². The van der Waals surface area contributed by atoms with E-state index in [0.29, 0.717) is 5.56 Å². The first-order valence-corrected chi connectivity index (χ1v) is 8.03. The van der Waals surface area contributed by atoms with Gasteiger partial charge in [-0.05, 0) is 28.0 Å². The lowest BCUT2D eigenvalue weighted by Crippen LogP contribution is -2.26. The molecule has 2 rings (SSSR count). The van der Waals surface area contributed by atoms with E-state index < -0.39 is 18.0 Å². The van der Waals surface area contributed by atoms with Crippen LogP contribution in [0.3, 0.4) is 0 Å². The summed E-state index contributed by atoms with van der Waals surface area (Å²) < 4.78 is 38.1. The van der Waals surface area contributed by atoms with Gasteiger partial charge >= 0.3 is 6.18 Å². The summed E-state index contributed by atoms with van der Waals surface area (Å²) in [5.41, 5.74) is 2.64. The summed E-state index contributed by atoms with van der Waals surface area (Å²) in [5.74, 6) is 0. The Morgan fingerprint density at radius 1 is 0.792 bits per heavy atom. The van der Waals surface area contributed by atoms with Gasteiger partial charge < -0.3 is 0 Å². The molecule has 0 N–H and O–H groups in total. The van der Waals surface area contributed by atoms with Crippen molar-refractivity contribution < 1.29 is 13.2 Å². The van der Waals surface area contributed by atoms with Crippen LogP contribution in [0, 0.1) is 0 Å². The lowest BCUT2D eigenvalue weighted by atomic mass is 9.82. The van der Waals surface area contributed by atoms with Gasteiger partial charge in [0.05, 0.1) is 12.1 Å². The zero-order valence-electron chi connectivity index (χ0n) is 14.8. The molecule has 0 saturated carbocycles. The van der Waals surface area contributed by atoms with Crippen molar-refractivity contribution in [3.63, 3.8) is 0 Å². The minimum absolute atomic E-state index is 0.0808. The summed E-state index contributed by atoms with van der Waals surface area (Å²) in [4.78, 5) is 4.37. The van der Waals surface area contributed by atoms with Gasteiger partial charge in [-0.25, -0.2) is 0 Å². The summed E-state index contributed by atoms with van der Waals surface area (Å²) in [7, 11) is 0. The average Bonchev–Trinajstić information content (AvgIpc) is 2.44. The van der Waals surface area contributed by atoms with Gasteiger partial charge in [0.1, 0.15) is 0 Å². The highest BCUT2D eigenvalue weighted by Gasteiger charge is 2.37. The maximum Gasteiger partial charge on any atom is 0.389 e.